The molecule has 0 amide bonds. The lowest BCUT2D eigenvalue weighted by atomic mass is 10.2. The van der Waals surface area contributed by atoms with Crippen molar-refractivity contribution in [1.82, 2.24) is 9.47 Å². The Kier molecular flexibility index (Phi) is 5.20. The Labute approximate surface area is 147 Å². The molecule has 6 nitrogen and oxygen atoms in total. The van der Waals surface area contributed by atoms with Gasteiger partial charge in [0, 0.05) is 39.4 Å². The maximum atomic E-state index is 12.2. The predicted octanol–water partition coefficient (Wildman–Crippen LogP) is 2.25. The van der Waals surface area contributed by atoms with E-state index in [2.05, 4.69) is 4.90 Å². The summed E-state index contributed by atoms with van der Waals surface area (Å²) in [5, 5.41) is 0. The van der Waals surface area contributed by atoms with Crippen LogP contribution in [0.4, 0.5) is 0 Å². The van der Waals surface area contributed by atoms with Gasteiger partial charge in [-0.3, -0.25) is 9.47 Å². The van der Waals surface area contributed by atoms with Crippen LogP contribution < -0.4 is 5.76 Å². The first-order valence-corrected chi connectivity index (χ1v) is 9.33. The molecule has 2 fully saturated rings. The molecule has 3 heterocycles. The van der Waals surface area contributed by atoms with Gasteiger partial charge in [0.1, 0.15) is 0 Å². The van der Waals surface area contributed by atoms with Crippen molar-refractivity contribution in [2.24, 2.45) is 0 Å². The first kappa shape index (κ1) is 16.8. The third kappa shape index (κ3) is 3.97. The summed E-state index contributed by atoms with van der Waals surface area (Å²) in [5.41, 5.74) is 1.51. The molecule has 0 spiro atoms. The average Bonchev–Trinajstić information content (AvgIpc) is 3.34. The summed E-state index contributed by atoms with van der Waals surface area (Å²) in [7, 11) is 0. The van der Waals surface area contributed by atoms with Crippen LogP contribution in [-0.4, -0.2) is 54.5 Å². The van der Waals surface area contributed by atoms with E-state index in [1.807, 2.05) is 24.3 Å². The van der Waals surface area contributed by atoms with Crippen molar-refractivity contribution >= 4 is 11.1 Å². The molecule has 25 heavy (non-hydrogen) atoms. The number of para-hydroxylation sites is 2. The van der Waals surface area contributed by atoms with Gasteiger partial charge in [-0.15, -0.1) is 0 Å². The van der Waals surface area contributed by atoms with Crippen LogP contribution in [0.1, 0.15) is 25.7 Å². The van der Waals surface area contributed by atoms with E-state index in [4.69, 9.17) is 13.9 Å². The fourth-order valence-corrected chi connectivity index (χ4v) is 3.88. The highest BCUT2D eigenvalue weighted by Gasteiger charge is 2.24. The van der Waals surface area contributed by atoms with Crippen LogP contribution in [0.25, 0.3) is 11.1 Å². The molecule has 0 unspecified atom stereocenters. The number of oxazole rings is 1. The SMILES string of the molecule is O=c1oc2ccccc2n1CCN(C[C@@H]1CCCO1)C[C@@H]1CCCO1. The molecule has 2 aromatic rings. The molecule has 4 rings (SSSR count). The zero-order valence-corrected chi connectivity index (χ0v) is 14.6. The molecule has 0 N–H and O–H groups in total. The molecule has 2 atom stereocenters. The van der Waals surface area contributed by atoms with E-state index in [9.17, 15) is 4.79 Å². The summed E-state index contributed by atoms with van der Waals surface area (Å²) in [6.07, 6.45) is 5.14. The number of benzene rings is 1. The predicted molar refractivity (Wildman–Crippen MR) is 94.9 cm³/mol. The smallest absolute Gasteiger partial charge is 0.408 e. The second-order valence-corrected chi connectivity index (χ2v) is 7.02. The average molecular weight is 346 g/mol. The van der Waals surface area contributed by atoms with Crippen molar-refractivity contribution < 1.29 is 13.9 Å². The van der Waals surface area contributed by atoms with Gasteiger partial charge in [0.15, 0.2) is 5.58 Å². The van der Waals surface area contributed by atoms with E-state index in [0.29, 0.717) is 24.3 Å². The van der Waals surface area contributed by atoms with Crippen LogP contribution >= 0.6 is 0 Å². The van der Waals surface area contributed by atoms with Gasteiger partial charge in [0.05, 0.1) is 17.7 Å². The van der Waals surface area contributed by atoms with Crippen LogP contribution in [0.3, 0.4) is 0 Å². The van der Waals surface area contributed by atoms with Gasteiger partial charge < -0.3 is 13.9 Å². The molecule has 2 saturated heterocycles. The van der Waals surface area contributed by atoms with Gasteiger partial charge >= 0.3 is 5.76 Å². The molecular formula is C19H26N2O4. The van der Waals surface area contributed by atoms with Crippen LogP contribution in [0.5, 0.6) is 0 Å². The molecular weight excluding hydrogens is 320 g/mol. The van der Waals surface area contributed by atoms with E-state index in [1.54, 1.807) is 4.57 Å². The minimum atomic E-state index is -0.282. The fourth-order valence-electron chi connectivity index (χ4n) is 3.88. The quantitative estimate of drug-likeness (QED) is 0.770. The number of hydrogen-bond acceptors (Lipinski definition) is 5. The molecule has 6 heteroatoms. The lowest BCUT2D eigenvalue weighted by Crippen LogP contribution is -2.40. The van der Waals surface area contributed by atoms with Gasteiger partial charge in [-0.25, -0.2) is 4.79 Å². The summed E-state index contributed by atoms with van der Waals surface area (Å²) < 4.78 is 18.7. The second-order valence-electron chi connectivity index (χ2n) is 7.02. The van der Waals surface area contributed by atoms with Crippen LogP contribution in [-0.2, 0) is 16.0 Å². The van der Waals surface area contributed by atoms with Crippen molar-refractivity contribution in [2.45, 2.75) is 44.4 Å². The second kappa shape index (κ2) is 7.72. The summed E-state index contributed by atoms with van der Waals surface area (Å²) >= 11 is 0. The Morgan fingerprint density at radius 3 is 2.36 bits per heavy atom. The van der Waals surface area contributed by atoms with Gasteiger partial charge in [0.25, 0.3) is 0 Å². The fraction of sp³-hybridized carbons (Fsp3) is 0.632. The van der Waals surface area contributed by atoms with E-state index in [-0.39, 0.29) is 5.76 Å². The topological polar surface area (TPSA) is 56.8 Å². The number of nitrogens with zero attached hydrogens (tertiary/aromatic N) is 2. The maximum absolute atomic E-state index is 12.2. The van der Waals surface area contributed by atoms with Crippen LogP contribution in [0.15, 0.2) is 33.5 Å². The minimum absolute atomic E-state index is 0.282. The largest absolute Gasteiger partial charge is 0.419 e. The number of hydrogen-bond donors (Lipinski definition) is 0. The molecule has 0 bridgehead atoms. The molecule has 1 aromatic carbocycles. The third-order valence-corrected chi connectivity index (χ3v) is 5.19. The van der Waals surface area contributed by atoms with E-state index in [0.717, 1.165) is 64.0 Å². The lowest BCUT2D eigenvalue weighted by molar-refractivity contribution is 0.0363. The number of aromatic nitrogens is 1. The van der Waals surface area contributed by atoms with E-state index >= 15 is 0 Å². The lowest BCUT2D eigenvalue weighted by Gasteiger charge is -2.27. The normalized spacial score (nSPS) is 23.9. The molecule has 1 aromatic heterocycles. The summed E-state index contributed by atoms with van der Waals surface area (Å²) in [4.78, 5) is 14.6. The van der Waals surface area contributed by atoms with Gasteiger partial charge in [-0.05, 0) is 37.8 Å². The Balaban J connectivity index is 1.44. The molecule has 136 valence electrons. The van der Waals surface area contributed by atoms with Gasteiger partial charge in [0.2, 0.25) is 0 Å². The first-order valence-electron chi connectivity index (χ1n) is 9.33. The van der Waals surface area contributed by atoms with Gasteiger partial charge in [-0.1, -0.05) is 12.1 Å². The zero-order valence-electron chi connectivity index (χ0n) is 14.6. The number of fused-ring (bicyclic) bond motifs is 1. The molecule has 0 aliphatic carbocycles. The Morgan fingerprint density at radius 1 is 1.04 bits per heavy atom. The monoisotopic (exact) mass is 346 g/mol. The van der Waals surface area contributed by atoms with Crippen LogP contribution in [0, 0.1) is 0 Å². The molecule has 0 saturated carbocycles. The summed E-state index contributed by atoms with van der Waals surface area (Å²) in [6.45, 7) is 4.96. The molecule has 2 aliphatic rings. The number of ether oxygens (including phenoxy) is 2. The highest BCUT2D eigenvalue weighted by Crippen LogP contribution is 2.18. The third-order valence-electron chi connectivity index (χ3n) is 5.19. The Morgan fingerprint density at radius 2 is 1.72 bits per heavy atom. The van der Waals surface area contributed by atoms with Crippen molar-refractivity contribution in [3.05, 3.63) is 34.8 Å². The summed E-state index contributed by atoms with van der Waals surface area (Å²) in [5.74, 6) is -0.282. The molecule has 2 aliphatic heterocycles. The highest BCUT2D eigenvalue weighted by molar-refractivity contribution is 5.72. The molecule has 0 radical (unpaired) electrons. The van der Waals surface area contributed by atoms with Crippen molar-refractivity contribution in [1.29, 1.82) is 0 Å². The van der Waals surface area contributed by atoms with Gasteiger partial charge in [-0.2, -0.15) is 0 Å². The van der Waals surface area contributed by atoms with Crippen molar-refractivity contribution in [2.75, 3.05) is 32.8 Å². The summed E-state index contributed by atoms with van der Waals surface area (Å²) in [6, 6.07) is 7.59. The number of rotatable bonds is 7. The Hall–Kier alpha value is -1.63. The van der Waals surface area contributed by atoms with Crippen molar-refractivity contribution in [3.8, 4) is 0 Å². The first-order chi connectivity index (χ1) is 12.3. The van der Waals surface area contributed by atoms with Crippen LogP contribution in [0.2, 0.25) is 0 Å². The zero-order chi connectivity index (χ0) is 17.1. The Bertz CT molecular complexity index is 723. The highest BCUT2D eigenvalue weighted by atomic mass is 16.5. The van der Waals surface area contributed by atoms with E-state index < -0.39 is 0 Å². The van der Waals surface area contributed by atoms with E-state index in [1.165, 1.54) is 0 Å². The maximum Gasteiger partial charge on any atom is 0.419 e. The van der Waals surface area contributed by atoms with Crippen molar-refractivity contribution in [3.63, 3.8) is 0 Å². The standard InChI is InChI=1S/C19H26N2O4/c22-19-21(17-7-1-2-8-18(17)25-19)10-9-20(13-15-5-3-11-23-15)14-16-6-4-12-24-16/h1-2,7-8,15-16H,3-6,9-14H2/t15-,16-/m0/s1. The minimum Gasteiger partial charge on any atom is -0.408 e.